The lowest BCUT2D eigenvalue weighted by atomic mass is 9.41. The second kappa shape index (κ2) is 3.00. The predicted octanol–water partition coefficient (Wildman–Crippen LogP) is 3.63. The largest absolute Gasteiger partial charge is 0.298 e. The molecular weight excluding hydrogens is 272 g/mol. The molecule has 0 aromatic rings. The number of hydrogen-bond donors (Lipinski definition) is 0. The maximum Gasteiger partial charge on any atom is 0.153 e. The molecular formula is C20H26O2. The smallest absolute Gasteiger partial charge is 0.153 e. The summed E-state index contributed by atoms with van der Waals surface area (Å²) < 4.78 is 0. The summed E-state index contributed by atoms with van der Waals surface area (Å²) in [6.45, 7) is 7.05. The third kappa shape index (κ3) is 0.915. The highest BCUT2D eigenvalue weighted by Crippen LogP contribution is 2.84. The van der Waals surface area contributed by atoms with E-state index < -0.39 is 5.41 Å². The molecule has 0 N–H and O–H groups in total. The fourth-order valence-electron chi connectivity index (χ4n) is 8.84. The molecule has 4 bridgehead atoms. The first kappa shape index (κ1) is 12.7. The maximum atomic E-state index is 13.3. The van der Waals surface area contributed by atoms with Crippen molar-refractivity contribution in [3.8, 4) is 0 Å². The lowest BCUT2D eigenvalue weighted by molar-refractivity contribution is -0.174. The molecule has 2 nitrogen and oxygen atoms in total. The lowest BCUT2D eigenvalue weighted by Crippen LogP contribution is -2.61. The van der Waals surface area contributed by atoms with Gasteiger partial charge in [-0.3, -0.25) is 9.59 Å². The number of rotatable bonds is 0. The van der Waals surface area contributed by atoms with Crippen LogP contribution in [0.25, 0.3) is 0 Å². The summed E-state index contributed by atoms with van der Waals surface area (Å²) in [6.07, 6.45) is 7.19. The summed E-state index contributed by atoms with van der Waals surface area (Å²) in [5.74, 6) is 3.34. The van der Waals surface area contributed by atoms with Crippen molar-refractivity contribution in [2.75, 3.05) is 0 Å². The molecule has 1 unspecified atom stereocenters. The standard InChI is InChI=1S/C20H26O2/c1-17-6-4-10-9-18(10,2)12(17)5-7-20-13(17)8-11-14(15(20)21)19(11,3)16(20)22/h10-14H,4-9H2,1-3H3/t10-,11-,12+,13+,14?,17-,18+,19-,20+/m0/s1. The summed E-state index contributed by atoms with van der Waals surface area (Å²) in [5.41, 5.74) is 0.00331. The first-order valence-corrected chi connectivity index (χ1v) is 9.40. The van der Waals surface area contributed by atoms with Crippen molar-refractivity contribution in [1.82, 2.24) is 0 Å². The molecule has 0 radical (unpaired) electrons. The molecule has 118 valence electrons. The molecule has 0 aliphatic heterocycles. The van der Waals surface area contributed by atoms with E-state index in [9.17, 15) is 9.59 Å². The lowest BCUT2D eigenvalue weighted by Gasteiger charge is -2.61. The van der Waals surface area contributed by atoms with Gasteiger partial charge in [-0.25, -0.2) is 0 Å². The monoisotopic (exact) mass is 298 g/mol. The van der Waals surface area contributed by atoms with E-state index in [1.165, 1.54) is 25.7 Å². The number of fused-ring (bicyclic) bond motifs is 3. The summed E-state index contributed by atoms with van der Waals surface area (Å²) in [5, 5.41) is 0. The summed E-state index contributed by atoms with van der Waals surface area (Å²) >= 11 is 0. The van der Waals surface area contributed by atoms with Gasteiger partial charge in [-0.1, -0.05) is 20.8 Å². The van der Waals surface area contributed by atoms with Crippen LogP contribution in [0.15, 0.2) is 0 Å². The van der Waals surface area contributed by atoms with E-state index >= 15 is 0 Å². The van der Waals surface area contributed by atoms with Gasteiger partial charge in [-0.2, -0.15) is 0 Å². The van der Waals surface area contributed by atoms with Crippen LogP contribution in [0.5, 0.6) is 0 Å². The summed E-state index contributed by atoms with van der Waals surface area (Å²) in [7, 11) is 0. The highest BCUT2D eigenvalue weighted by Gasteiger charge is 2.88. The van der Waals surface area contributed by atoms with E-state index in [4.69, 9.17) is 0 Å². The second-order valence-corrected chi connectivity index (χ2v) is 10.4. The quantitative estimate of drug-likeness (QED) is 0.640. The SMILES string of the molecule is C[C@]12CC[C@H]3C[C@@]3(C)[C@@H]1CC[C@]13C(=O)C4[C@H](C[C@@H]12)[C@]4(C)C3=O. The average Bonchev–Trinajstić information content (AvgIpc) is 3.31. The minimum absolute atomic E-state index is 0.115. The minimum atomic E-state index is -0.544. The number of Topliss-reactive ketones (excluding diaryl/α,β-unsaturated/α-hetero) is 2. The molecule has 7 aliphatic rings. The van der Waals surface area contributed by atoms with Crippen molar-refractivity contribution < 1.29 is 9.59 Å². The van der Waals surface area contributed by atoms with Gasteiger partial charge < -0.3 is 0 Å². The fraction of sp³-hybridized carbons (Fsp3) is 0.900. The van der Waals surface area contributed by atoms with Crippen LogP contribution < -0.4 is 0 Å². The molecule has 0 aromatic heterocycles. The number of carbonyl (C=O) groups is 2. The third-order valence-corrected chi connectivity index (χ3v) is 10.1. The Morgan fingerprint density at radius 1 is 0.955 bits per heavy atom. The van der Waals surface area contributed by atoms with Crippen molar-refractivity contribution >= 4 is 11.6 Å². The molecule has 2 heteroatoms. The first-order valence-electron chi connectivity index (χ1n) is 9.40. The Hall–Kier alpha value is -0.660. The van der Waals surface area contributed by atoms with Gasteiger partial charge in [0.15, 0.2) is 11.6 Å². The van der Waals surface area contributed by atoms with E-state index in [2.05, 4.69) is 20.8 Å². The van der Waals surface area contributed by atoms with Crippen LogP contribution in [0.4, 0.5) is 0 Å². The van der Waals surface area contributed by atoms with Gasteiger partial charge in [0.2, 0.25) is 0 Å². The maximum absolute atomic E-state index is 13.3. The van der Waals surface area contributed by atoms with E-state index in [0.717, 1.165) is 24.7 Å². The molecule has 7 saturated carbocycles. The van der Waals surface area contributed by atoms with Crippen LogP contribution >= 0.6 is 0 Å². The Balaban J connectivity index is 1.52. The van der Waals surface area contributed by atoms with Gasteiger partial charge in [0.1, 0.15) is 0 Å². The number of hydrogen-bond acceptors (Lipinski definition) is 2. The first-order chi connectivity index (χ1) is 10.3. The number of carbonyl (C=O) groups excluding carboxylic acids is 2. The topological polar surface area (TPSA) is 34.1 Å². The van der Waals surface area contributed by atoms with Crippen LogP contribution in [-0.4, -0.2) is 11.6 Å². The molecule has 1 spiro atoms. The molecule has 9 atom stereocenters. The Labute approximate surface area is 132 Å². The Morgan fingerprint density at radius 2 is 1.73 bits per heavy atom. The van der Waals surface area contributed by atoms with Gasteiger partial charge in [0.05, 0.1) is 5.41 Å². The van der Waals surface area contributed by atoms with Crippen molar-refractivity contribution in [3.05, 3.63) is 0 Å². The van der Waals surface area contributed by atoms with Crippen molar-refractivity contribution in [2.45, 2.75) is 59.3 Å². The minimum Gasteiger partial charge on any atom is -0.298 e. The van der Waals surface area contributed by atoms with Crippen molar-refractivity contribution in [3.63, 3.8) is 0 Å². The molecule has 7 aliphatic carbocycles. The van der Waals surface area contributed by atoms with E-state index in [1.54, 1.807) is 0 Å². The third-order valence-electron chi connectivity index (χ3n) is 10.1. The van der Waals surface area contributed by atoms with E-state index in [-0.39, 0.29) is 16.7 Å². The zero-order chi connectivity index (χ0) is 15.3. The highest BCUT2D eigenvalue weighted by atomic mass is 16.2. The molecule has 0 aromatic carbocycles. The van der Waals surface area contributed by atoms with Gasteiger partial charge in [-0.15, -0.1) is 0 Å². The molecule has 0 heterocycles. The normalized spacial score (nSPS) is 69.9. The molecule has 7 rings (SSSR count). The molecule has 0 saturated heterocycles. The Bertz CT molecular complexity index is 667. The Morgan fingerprint density at radius 3 is 2.41 bits per heavy atom. The summed E-state index contributed by atoms with van der Waals surface area (Å²) in [4.78, 5) is 26.4. The van der Waals surface area contributed by atoms with Crippen molar-refractivity contribution in [2.24, 2.45) is 51.2 Å². The van der Waals surface area contributed by atoms with Gasteiger partial charge in [0.25, 0.3) is 0 Å². The number of ketones is 2. The van der Waals surface area contributed by atoms with Gasteiger partial charge in [-0.05, 0) is 73.0 Å². The van der Waals surface area contributed by atoms with E-state index in [0.29, 0.717) is 28.8 Å². The van der Waals surface area contributed by atoms with Crippen LogP contribution in [0.2, 0.25) is 0 Å². The van der Waals surface area contributed by atoms with Crippen LogP contribution in [0.3, 0.4) is 0 Å². The zero-order valence-electron chi connectivity index (χ0n) is 13.9. The van der Waals surface area contributed by atoms with Gasteiger partial charge in [0, 0.05) is 11.3 Å². The van der Waals surface area contributed by atoms with E-state index in [1.807, 2.05) is 0 Å². The Kier molecular flexibility index (Phi) is 1.74. The summed E-state index contributed by atoms with van der Waals surface area (Å²) in [6, 6.07) is 0. The predicted molar refractivity (Wildman–Crippen MR) is 81.9 cm³/mol. The van der Waals surface area contributed by atoms with Crippen LogP contribution in [0.1, 0.15) is 59.3 Å². The molecule has 7 fully saturated rings. The fourth-order valence-corrected chi connectivity index (χ4v) is 8.84. The second-order valence-electron chi connectivity index (χ2n) is 10.4. The zero-order valence-corrected chi connectivity index (χ0v) is 13.9. The van der Waals surface area contributed by atoms with Crippen LogP contribution in [-0.2, 0) is 9.59 Å². The highest BCUT2D eigenvalue weighted by molar-refractivity contribution is 6.22. The van der Waals surface area contributed by atoms with Gasteiger partial charge >= 0.3 is 0 Å². The van der Waals surface area contributed by atoms with Crippen LogP contribution in [0, 0.1) is 51.2 Å². The van der Waals surface area contributed by atoms with Crippen molar-refractivity contribution in [1.29, 1.82) is 0 Å². The average molecular weight is 298 g/mol. The molecule has 22 heavy (non-hydrogen) atoms. The molecule has 0 amide bonds.